The summed E-state index contributed by atoms with van der Waals surface area (Å²) in [6.45, 7) is 1.55. The normalized spacial score (nSPS) is 20.1. The molecule has 2 aromatic heterocycles. The van der Waals surface area contributed by atoms with E-state index in [0.29, 0.717) is 22.4 Å². The number of allylic oxidation sites excluding steroid dienone is 1. The monoisotopic (exact) mass is 563 g/mol. The van der Waals surface area contributed by atoms with Crippen molar-refractivity contribution in [2.75, 3.05) is 39.2 Å². The van der Waals surface area contributed by atoms with Crippen molar-refractivity contribution in [2.24, 2.45) is 5.16 Å². The van der Waals surface area contributed by atoms with Gasteiger partial charge in [-0.3, -0.25) is 14.5 Å². The van der Waals surface area contributed by atoms with Gasteiger partial charge < -0.3 is 25.5 Å². The van der Waals surface area contributed by atoms with Crippen LogP contribution in [0.5, 0.6) is 0 Å². The van der Waals surface area contributed by atoms with E-state index in [1.807, 2.05) is 17.5 Å². The summed E-state index contributed by atoms with van der Waals surface area (Å²) in [5, 5.41) is 19.6. The predicted molar refractivity (Wildman–Crippen MR) is 144 cm³/mol. The predicted octanol–water partition coefficient (Wildman–Crippen LogP) is 1.71. The second-order valence-corrected chi connectivity index (χ2v) is 12.0. The molecule has 11 nitrogen and oxygen atoms in total. The number of nitrogens with one attached hydrogen (secondary N) is 1. The van der Waals surface area contributed by atoms with E-state index in [4.69, 9.17) is 10.6 Å². The van der Waals surface area contributed by atoms with E-state index in [2.05, 4.69) is 35.6 Å². The number of aliphatic carboxylic acids is 1. The molecule has 0 bridgehead atoms. The van der Waals surface area contributed by atoms with E-state index in [9.17, 15) is 19.5 Å². The van der Waals surface area contributed by atoms with Crippen LogP contribution in [0.3, 0.4) is 0 Å². The van der Waals surface area contributed by atoms with Crippen molar-refractivity contribution in [2.45, 2.75) is 18.0 Å². The number of carboxylic acid groups (broad SMARTS) is 1. The highest BCUT2D eigenvalue weighted by molar-refractivity contribution is 8.00. The average Bonchev–Trinajstić information content (AvgIpc) is 3.51. The molecular weight excluding hydrogens is 536 g/mol. The molecule has 4 heterocycles. The summed E-state index contributed by atoms with van der Waals surface area (Å²) in [7, 11) is 5.50. The zero-order valence-electron chi connectivity index (χ0n) is 20.4. The summed E-state index contributed by atoms with van der Waals surface area (Å²) in [6.07, 6.45) is 3.74. The molecule has 0 unspecified atom stereocenters. The minimum Gasteiger partial charge on any atom is -0.477 e. The lowest BCUT2D eigenvalue weighted by Crippen LogP contribution is -2.71. The summed E-state index contributed by atoms with van der Waals surface area (Å²) in [5.74, 6) is -1.96. The van der Waals surface area contributed by atoms with Crippen LogP contribution in [-0.4, -0.2) is 87.9 Å². The van der Waals surface area contributed by atoms with Gasteiger partial charge in [-0.05, 0) is 23.1 Å². The van der Waals surface area contributed by atoms with Crippen LogP contribution in [0, 0.1) is 0 Å². The van der Waals surface area contributed by atoms with Crippen molar-refractivity contribution < 1.29 is 28.8 Å². The first-order valence-corrected chi connectivity index (χ1v) is 14.0. The molecule has 2 aliphatic rings. The second kappa shape index (κ2) is 11.0. The van der Waals surface area contributed by atoms with Crippen LogP contribution >= 0.6 is 34.4 Å². The number of amides is 2. The first kappa shape index (κ1) is 26.9. The number of carbonyl (C=O) groups is 3. The fourth-order valence-corrected chi connectivity index (χ4v) is 6.82. The van der Waals surface area contributed by atoms with Crippen LogP contribution < -0.4 is 11.1 Å². The molecule has 4 N–H and O–H groups in total. The van der Waals surface area contributed by atoms with E-state index < -0.39 is 29.2 Å². The molecule has 37 heavy (non-hydrogen) atoms. The number of fused-ring (bicyclic) bond motifs is 1. The molecule has 0 spiro atoms. The Labute approximate surface area is 225 Å². The van der Waals surface area contributed by atoms with E-state index in [-0.39, 0.29) is 22.2 Å². The molecule has 2 amide bonds. The van der Waals surface area contributed by atoms with Gasteiger partial charge in [0, 0.05) is 11.1 Å². The van der Waals surface area contributed by atoms with Crippen molar-refractivity contribution >= 4 is 63.1 Å². The number of β-lactam (4-membered cyclic amide) rings is 1. The lowest BCUT2D eigenvalue weighted by atomic mass is 10.0. The molecule has 0 saturated carbocycles. The number of hydrogen-bond donors (Lipinski definition) is 3. The van der Waals surface area contributed by atoms with Crippen LogP contribution in [-0.2, 0) is 25.8 Å². The number of thiophene rings is 1. The third-order valence-corrected chi connectivity index (χ3v) is 8.57. The average molecular weight is 564 g/mol. The maximum atomic E-state index is 13.0. The summed E-state index contributed by atoms with van der Waals surface area (Å²) >= 11 is 4.24. The quantitative estimate of drug-likeness (QED) is 0.171. The number of rotatable bonds is 10. The molecule has 0 aliphatic carbocycles. The number of aromatic nitrogens is 1. The summed E-state index contributed by atoms with van der Waals surface area (Å²) in [6, 6.07) is 3.21. The van der Waals surface area contributed by atoms with Gasteiger partial charge in [-0.2, -0.15) is 0 Å². The van der Waals surface area contributed by atoms with Gasteiger partial charge in [-0.1, -0.05) is 17.3 Å². The number of nitrogens with zero attached hydrogens (tertiary/aromatic N) is 4. The number of hydrogen-bond acceptors (Lipinski definition) is 10. The Morgan fingerprint density at radius 2 is 2.19 bits per heavy atom. The zero-order valence-corrected chi connectivity index (χ0v) is 22.9. The molecule has 0 radical (unpaired) electrons. The molecule has 1 fully saturated rings. The number of oxime groups is 1. The third kappa shape index (κ3) is 5.87. The molecule has 196 valence electrons. The van der Waals surface area contributed by atoms with Gasteiger partial charge in [0.05, 0.1) is 25.5 Å². The van der Waals surface area contributed by atoms with Gasteiger partial charge >= 0.3 is 5.97 Å². The van der Waals surface area contributed by atoms with E-state index in [1.54, 1.807) is 22.8 Å². The van der Waals surface area contributed by atoms with Crippen LogP contribution in [0.2, 0.25) is 0 Å². The highest BCUT2D eigenvalue weighted by atomic mass is 32.2. The Kier molecular flexibility index (Phi) is 8.02. The molecule has 2 aromatic rings. The van der Waals surface area contributed by atoms with Crippen LogP contribution in [0.4, 0.5) is 5.13 Å². The van der Waals surface area contributed by atoms with Crippen LogP contribution in [0.15, 0.2) is 51.5 Å². The number of anilines is 1. The maximum absolute atomic E-state index is 13.0. The molecule has 0 aromatic carbocycles. The lowest BCUT2D eigenvalue weighted by molar-refractivity contribution is -0.897. The molecule has 2 aliphatic heterocycles. The van der Waals surface area contributed by atoms with Gasteiger partial charge in [0.1, 0.15) is 36.5 Å². The topological polar surface area (TPSA) is 147 Å². The highest BCUT2D eigenvalue weighted by Gasteiger charge is 2.54. The summed E-state index contributed by atoms with van der Waals surface area (Å²) in [5.41, 5.74) is 6.26. The number of nitrogen functional groups attached to an aromatic ring is 1. The van der Waals surface area contributed by atoms with Gasteiger partial charge in [0.2, 0.25) is 0 Å². The Bertz CT molecular complexity index is 1280. The second-order valence-electron chi connectivity index (χ2n) is 8.99. The lowest BCUT2D eigenvalue weighted by Gasteiger charge is -2.49. The maximum Gasteiger partial charge on any atom is 0.352 e. The van der Waals surface area contributed by atoms with Crippen molar-refractivity contribution in [3.05, 3.63) is 56.9 Å². The smallest absolute Gasteiger partial charge is 0.352 e. The zero-order chi connectivity index (χ0) is 26.7. The Hall–Kier alpha value is -3.20. The SMILES string of the molecule is CO/N=C(\C(=O)N[C@@H]1C(=O)N2C(C(=O)O)=C(/C=C/C[N+](C)(C)Cc3cccs3)CS[C@H]12)c1csc(N)n1. The largest absolute Gasteiger partial charge is 0.477 e. The molecule has 14 heteroatoms. The van der Waals surface area contributed by atoms with E-state index >= 15 is 0 Å². The number of nitrogens with two attached hydrogens (primary N) is 1. The minimum atomic E-state index is -1.19. The van der Waals surface area contributed by atoms with E-state index in [1.165, 1.54) is 28.6 Å². The van der Waals surface area contributed by atoms with Gasteiger partial charge in [-0.25, -0.2) is 9.78 Å². The van der Waals surface area contributed by atoms with E-state index in [0.717, 1.165) is 17.9 Å². The first-order chi connectivity index (χ1) is 17.6. The summed E-state index contributed by atoms with van der Waals surface area (Å²) < 4.78 is 0.704. The fourth-order valence-electron chi connectivity index (χ4n) is 4.04. The number of likely N-dealkylation sites (N-methyl/N-ethyl adjacent to an activating group) is 1. The molecule has 4 rings (SSSR count). The molecule has 2 atom stereocenters. The number of thioether (sulfide) groups is 1. The first-order valence-electron chi connectivity index (χ1n) is 11.2. The van der Waals surface area contributed by atoms with Crippen molar-refractivity contribution in [1.29, 1.82) is 0 Å². The number of thiazole rings is 1. The minimum absolute atomic E-state index is 0.0582. The number of carbonyl (C=O) groups excluding carboxylic acids is 2. The fraction of sp³-hybridized carbons (Fsp3) is 0.348. The van der Waals surface area contributed by atoms with Gasteiger partial charge in [-0.15, -0.1) is 34.4 Å². The third-order valence-electron chi connectivity index (χ3n) is 5.73. The van der Waals surface area contributed by atoms with Crippen molar-refractivity contribution in [3.8, 4) is 0 Å². The number of quaternary nitrogens is 1. The highest BCUT2D eigenvalue weighted by Crippen LogP contribution is 2.40. The standard InChI is InChI=1S/C23H26N6O5S3/c1-29(2,10-14-7-5-9-35-14)8-4-6-13-11-36-21-17(20(31)28(21)18(13)22(32)33)26-19(30)16(27-34-3)15-12-37-23(24)25-15/h4-7,9,12,17,21H,8,10-11H2,1-3H3,(H3-,24,25,26,30,32,33)/p+1/b6-4+,27-16-/t17-,21-/m1/s1. The Morgan fingerprint density at radius 1 is 1.41 bits per heavy atom. The molecule has 1 saturated heterocycles. The Morgan fingerprint density at radius 3 is 2.81 bits per heavy atom. The van der Waals surface area contributed by atoms with Crippen LogP contribution in [0.1, 0.15) is 10.6 Å². The summed E-state index contributed by atoms with van der Waals surface area (Å²) in [4.78, 5) is 49.3. The van der Waals surface area contributed by atoms with Crippen molar-refractivity contribution in [1.82, 2.24) is 15.2 Å². The number of carboxylic acids is 1. The van der Waals surface area contributed by atoms with Crippen molar-refractivity contribution in [3.63, 3.8) is 0 Å². The van der Waals surface area contributed by atoms with Crippen LogP contribution in [0.25, 0.3) is 0 Å². The molecular formula is C23H27N6O5S3+. The van der Waals surface area contributed by atoms with Gasteiger partial charge in [0.25, 0.3) is 11.8 Å². The van der Waals surface area contributed by atoms with Gasteiger partial charge in [0.15, 0.2) is 10.8 Å². The Balaban J connectivity index is 1.46.